The van der Waals surface area contributed by atoms with Crippen LogP contribution in [0.15, 0.2) is 60.8 Å². The minimum absolute atomic E-state index is 0.0407. The normalized spacial score (nSPS) is 13.9. The Morgan fingerprint density at radius 2 is 1.92 bits per heavy atom. The maximum Gasteiger partial charge on any atom is 0.253 e. The highest BCUT2D eigenvalue weighted by Crippen LogP contribution is 2.23. The maximum atomic E-state index is 12.9. The SMILES string of the molecule is O=C1NCCN(C(=O)Cc2cnc3ccccc3c2)c2ccccc21. The zero-order chi connectivity index (χ0) is 17.2. The molecule has 1 aromatic heterocycles. The van der Waals surface area contributed by atoms with Crippen molar-refractivity contribution in [1.82, 2.24) is 10.3 Å². The molecule has 0 atom stereocenters. The molecule has 0 bridgehead atoms. The number of benzene rings is 2. The van der Waals surface area contributed by atoms with Gasteiger partial charge in [0.1, 0.15) is 0 Å². The van der Waals surface area contributed by atoms with E-state index in [9.17, 15) is 9.59 Å². The topological polar surface area (TPSA) is 62.3 Å². The molecule has 0 saturated heterocycles. The Morgan fingerprint density at radius 1 is 1.12 bits per heavy atom. The molecule has 0 saturated carbocycles. The summed E-state index contributed by atoms with van der Waals surface area (Å²) in [6.07, 6.45) is 1.99. The summed E-state index contributed by atoms with van der Waals surface area (Å²) in [5.41, 5.74) is 2.97. The van der Waals surface area contributed by atoms with Crippen LogP contribution in [-0.4, -0.2) is 29.9 Å². The highest BCUT2D eigenvalue weighted by Gasteiger charge is 2.24. The molecule has 1 aliphatic rings. The molecule has 2 heterocycles. The van der Waals surface area contributed by atoms with Crippen molar-refractivity contribution in [1.29, 1.82) is 0 Å². The van der Waals surface area contributed by atoms with Crippen molar-refractivity contribution in [2.75, 3.05) is 18.0 Å². The molecule has 5 nitrogen and oxygen atoms in total. The van der Waals surface area contributed by atoms with Gasteiger partial charge in [0, 0.05) is 24.7 Å². The Morgan fingerprint density at radius 3 is 2.84 bits per heavy atom. The van der Waals surface area contributed by atoms with Gasteiger partial charge in [-0.25, -0.2) is 0 Å². The van der Waals surface area contributed by atoms with Gasteiger partial charge in [0.05, 0.1) is 23.2 Å². The van der Waals surface area contributed by atoms with Gasteiger partial charge < -0.3 is 10.2 Å². The minimum atomic E-state index is -0.140. The predicted molar refractivity (Wildman–Crippen MR) is 96.6 cm³/mol. The fourth-order valence-electron chi connectivity index (χ4n) is 3.14. The predicted octanol–water partition coefficient (Wildman–Crippen LogP) is 2.55. The number of carbonyl (C=O) groups excluding carboxylic acids is 2. The number of fused-ring (bicyclic) bond motifs is 2. The molecule has 1 N–H and O–H groups in total. The third-order valence-corrected chi connectivity index (χ3v) is 4.36. The van der Waals surface area contributed by atoms with Crippen molar-refractivity contribution in [2.24, 2.45) is 0 Å². The van der Waals surface area contributed by atoms with E-state index in [0.717, 1.165) is 16.5 Å². The lowest BCUT2D eigenvalue weighted by molar-refractivity contribution is -0.118. The van der Waals surface area contributed by atoms with Gasteiger partial charge in [0.2, 0.25) is 5.91 Å². The molecule has 124 valence electrons. The second kappa shape index (κ2) is 6.36. The first kappa shape index (κ1) is 15.3. The molecule has 2 aromatic carbocycles. The number of hydrogen-bond acceptors (Lipinski definition) is 3. The lowest BCUT2D eigenvalue weighted by Crippen LogP contribution is -2.36. The second-order valence-corrected chi connectivity index (χ2v) is 6.03. The minimum Gasteiger partial charge on any atom is -0.350 e. The van der Waals surface area contributed by atoms with Crippen molar-refractivity contribution in [3.05, 3.63) is 71.9 Å². The summed E-state index contributed by atoms with van der Waals surface area (Å²) >= 11 is 0. The molecular weight excluding hydrogens is 314 g/mol. The lowest BCUT2D eigenvalue weighted by Gasteiger charge is -2.22. The molecule has 0 unspecified atom stereocenters. The van der Waals surface area contributed by atoms with Gasteiger partial charge in [-0.2, -0.15) is 0 Å². The standard InChI is InChI=1S/C20H17N3O2/c24-19(12-14-11-15-5-1-3-7-17(15)22-13-14)23-10-9-21-20(25)16-6-2-4-8-18(16)23/h1-8,11,13H,9-10,12H2,(H,21,25). The average molecular weight is 331 g/mol. The molecule has 5 heteroatoms. The van der Waals surface area contributed by atoms with Crippen molar-refractivity contribution < 1.29 is 9.59 Å². The van der Waals surface area contributed by atoms with E-state index in [1.165, 1.54) is 0 Å². The molecule has 3 aromatic rings. The summed E-state index contributed by atoms with van der Waals surface area (Å²) in [6, 6.07) is 17.0. The number of aromatic nitrogens is 1. The van der Waals surface area contributed by atoms with Gasteiger partial charge >= 0.3 is 0 Å². The smallest absolute Gasteiger partial charge is 0.253 e. The summed E-state index contributed by atoms with van der Waals surface area (Å²) in [5.74, 6) is -0.181. The number of nitrogens with one attached hydrogen (secondary N) is 1. The third-order valence-electron chi connectivity index (χ3n) is 4.36. The van der Waals surface area contributed by atoms with Crippen molar-refractivity contribution >= 4 is 28.4 Å². The number of nitrogens with zero attached hydrogens (tertiary/aromatic N) is 2. The van der Waals surface area contributed by atoms with Crippen molar-refractivity contribution in [3.8, 4) is 0 Å². The number of hydrogen-bond donors (Lipinski definition) is 1. The van der Waals surface area contributed by atoms with Gasteiger partial charge in [0.25, 0.3) is 5.91 Å². The molecule has 1 aliphatic heterocycles. The van der Waals surface area contributed by atoms with E-state index in [4.69, 9.17) is 0 Å². The van der Waals surface area contributed by atoms with E-state index in [0.29, 0.717) is 24.3 Å². The monoisotopic (exact) mass is 331 g/mol. The Bertz CT molecular complexity index is 968. The van der Waals surface area contributed by atoms with Crippen LogP contribution >= 0.6 is 0 Å². The largest absolute Gasteiger partial charge is 0.350 e. The lowest BCUT2D eigenvalue weighted by atomic mass is 10.1. The van der Waals surface area contributed by atoms with Crippen LogP contribution in [0.3, 0.4) is 0 Å². The Hall–Kier alpha value is -3.21. The first-order chi connectivity index (χ1) is 12.2. The van der Waals surface area contributed by atoms with Crippen LogP contribution in [0.4, 0.5) is 5.69 Å². The van der Waals surface area contributed by atoms with E-state index >= 15 is 0 Å². The highest BCUT2D eigenvalue weighted by molar-refractivity contribution is 6.06. The Kier molecular flexibility index (Phi) is 3.90. The van der Waals surface area contributed by atoms with Crippen LogP contribution in [0.25, 0.3) is 10.9 Å². The van der Waals surface area contributed by atoms with Crippen LogP contribution in [0, 0.1) is 0 Å². The van der Waals surface area contributed by atoms with E-state index in [1.807, 2.05) is 42.5 Å². The van der Waals surface area contributed by atoms with Crippen LogP contribution in [0.2, 0.25) is 0 Å². The summed E-state index contributed by atoms with van der Waals surface area (Å²) < 4.78 is 0. The second-order valence-electron chi connectivity index (χ2n) is 6.03. The molecule has 0 spiro atoms. The highest BCUT2D eigenvalue weighted by atomic mass is 16.2. The number of rotatable bonds is 2. The molecule has 0 radical (unpaired) electrons. The summed E-state index contributed by atoms with van der Waals surface area (Å²) in [7, 11) is 0. The maximum absolute atomic E-state index is 12.9. The van der Waals surface area contributed by atoms with Crippen molar-refractivity contribution in [3.63, 3.8) is 0 Å². The number of amides is 2. The number of pyridine rings is 1. The average Bonchev–Trinajstić information content (AvgIpc) is 2.81. The zero-order valence-corrected chi connectivity index (χ0v) is 13.6. The van der Waals surface area contributed by atoms with Crippen molar-refractivity contribution in [2.45, 2.75) is 6.42 Å². The van der Waals surface area contributed by atoms with Crippen LogP contribution in [0.1, 0.15) is 15.9 Å². The first-order valence-corrected chi connectivity index (χ1v) is 8.23. The molecular formula is C20H17N3O2. The third kappa shape index (κ3) is 2.96. The summed E-state index contributed by atoms with van der Waals surface area (Å²) in [6.45, 7) is 0.901. The summed E-state index contributed by atoms with van der Waals surface area (Å²) in [5, 5.41) is 3.84. The quantitative estimate of drug-likeness (QED) is 0.785. The molecule has 0 fully saturated rings. The first-order valence-electron chi connectivity index (χ1n) is 8.23. The fraction of sp³-hybridized carbons (Fsp3) is 0.150. The van der Waals surface area contributed by atoms with Crippen LogP contribution in [-0.2, 0) is 11.2 Å². The van der Waals surface area contributed by atoms with Crippen LogP contribution < -0.4 is 10.2 Å². The molecule has 2 amide bonds. The molecule has 0 aliphatic carbocycles. The number of carbonyl (C=O) groups is 2. The Labute approximate surface area is 145 Å². The van der Waals surface area contributed by atoms with E-state index in [-0.39, 0.29) is 18.2 Å². The number of para-hydroxylation sites is 2. The molecule has 4 rings (SSSR count). The number of anilines is 1. The van der Waals surface area contributed by atoms with Gasteiger partial charge in [-0.05, 0) is 29.8 Å². The van der Waals surface area contributed by atoms with Gasteiger partial charge in [0.15, 0.2) is 0 Å². The Balaban J connectivity index is 1.63. The van der Waals surface area contributed by atoms with Gasteiger partial charge in [-0.1, -0.05) is 30.3 Å². The van der Waals surface area contributed by atoms with E-state index in [1.54, 1.807) is 23.2 Å². The van der Waals surface area contributed by atoms with Gasteiger partial charge in [-0.15, -0.1) is 0 Å². The zero-order valence-electron chi connectivity index (χ0n) is 13.6. The van der Waals surface area contributed by atoms with Gasteiger partial charge in [-0.3, -0.25) is 14.6 Å². The van der Waals surface area contributed by atoms with Crippen LogP contribution in [0.5, 0.6) is 0 Å². The van der Waals surface area contributed by atoms with E-state index < -0.39 is 0 Å². The fourth-order valence-corrected chi connectivity index (χ4v) is 3.14. The molecule has 25 heavy (non-hydrogen) atoms. The summed E-state index contributed by atoms with van der Waals surface area (Å²) in [4.78, 5) is 31.1. The van der Waals surface area contributed by atoms with E-state index in [2.05, 4.69) is 10.3 Å².